The molecule has 1 unspecified atom stereocenters. The molecule has 4 N–H and O–H groups in total. The summed E-state index contributed by atoms with van der Waals surface area (Å²) >= 11 is 0. The average molecular weight is 284 g/mol. The first kappa shape index (κ1) is 16.3. The molecule has 1 atom stereocenters. The third-order valence-electron chi connectivity index (χ3n) is 2.94. The van der Waals surface area contributed by atoms with Crippen molar-refractivity contribution in [2.24, 2.45) is 0 Å². The van der Waals surface area contributed by atoms with Crippen molar-refractivity contribution in [3.63, 3.8) is 0 Å². The molecule has 0 saturated carbocycles. The van der Waals surface area contributed by atoms with E-state index >= 15 is 0 Å². The van der Waals surface area contributed by atoms with Crippen LogP contribution in [0.5, 0.6) is 0 Å². The van der Waals surface area contributed by atoms with E-state index in [0.29, 0.717) is 19.8 Å². The van der Waals surface area contributed by atoms with Gasteiger partial charge in [-0.15, -0.1) is 0 Å². The number of rotatable bonds is 8. The molecular formula is C13H24N4O3. The lowest BCUT2D eigenvalue weighted by molar-refractivity contribution is 0.141. The van der Waals surface area contributed by atoms with Crippen LogP contribution in [0.25, 0.3) is 0 Å². The Morgan fingerprint density at radius 3 is 2.70 bits per heavy atom. The van der Waals surface area contributed by atoms with E-state index in [9.17, 15) is 9.59 Å². The number of nitrogen functional groups attached to an aromatic ring is 1. The molecule has 1 aromatic rings. The van der Waals surface area contributed by atoms with Gasteiger partial charge in [-0.2, -0.15) is 0 Å². The number of hydrogen-bond donors (Lipinski definition) is 3. The highest BCUT2D eigenvalue weighted by atomic mass is 16.5. The topological polar surface area (TPSA) is 102 Å². The summed E-state index contributed by atoms with van der Waals surface area (Å²) in [6.45, 7) is 7.37. The van der Waals surface area contributed by atoms with E-state index in [4.69, 9.17) is 10.5 Å². The van der Waals surface area contributed by atoms with Crippen LogP contribution >= 0.6 is 0 Å². The Morgan fingerprint density at radius 1 is 1.40 bits per heavy atom. The average Bonchev–Trinajstić information content (AvgIpc) is 2.41. The first-order valence-corrected chi connectivity index (χ1v) is 6.98. The van der Waals surface area contributed by atoms with Crippen molar-refractivity contribution < 1.29 is 4.74 Å². The number of anilines is 2. The summed E-state index contributed by atoms with van der Waals surface area (Å²) in [7, 11) is 0. The van der Waals surface area contributed by atoms with Crippen LogP contribution in [0.4, 0.5) is 11.5 Å². The number of unbranched alkanes of at least 4 members (excludes halogenated alkanes) is 1. The molecule has 0 fully saturated rings. The van der Waals surface area contributed by atoms with E-state index < -0.39 is 11.2 Å². The molecule has 0 amide bonds. The van der Waals surface area contributed by atoms with E-state index in [1.54, 1.807) is 0 Å². The molecule has 0 aromatic carbocycles. The second kappa shape index (κ2) is 7.74. The molecule has 0 bridgehead atoms. The fraction of sp³-hybridized carbons (Fsp3) is 0.692. The predicted molar refractivity (Wildman–Crippen MR) is 80.2 cm³/mol. The Morgan fingerprint density at radius 2 is 2.10 bits per heavy atom. The standard InChI is InChI=1S/C13H24N4O3/c1-4-6-7-17-11(14)10(12(18)16-13(17)19)15-9(3)8-20-5-2/h9,15H,4-8,14H2,1-3H3,(H,16,18,19). The van der Waals surface area contributed by atoms with Crippen LogP contribution in [0.3, 0.4) is 0 Å². The molecule has 1 aromatic heterocycles. The number of nitrogens with zero attached hydrogens (tertiary/aromatic N) is 1. The van der Waals surface area contributed by atoms with Gasteiger partial charge in [0.25, 0.3) is 5.56 Å². The zero-order valence-electron chi connectivity index (χ0n) is 12.4. The van der Waals surface area contributed by atoms with Gasteiger partial charge in [-0.1, -0.05) is 13.3 Å². The van der Waals surface area contributed by atoms with Gasteiger partial charge in [-0.05, 0) is 20.3 Å². The maximum atomic E-state index is 11.8. The molecule has 0 saturated heterocycles. The zero-order valence-corrected chi connectivity index (χ0v) is 12.4. The monoisotopic (exact) mass is 284 g/mol. The lowest BCUT2D eigenvalue weighted by atomic mass is 10.3. The van der Waals surface area contributed by atoms with Crippen LogP contribution in [-0.2, 0) is 11.3 Å². The molecule has 7 heteroatoms. The normalized spacial score (nSPS) is 12.3. The summed E-state index contributed by atoms with van der Waals surface area (Å²) < 4.78 is 6.67. The summed E-state index contributed by atoms with van der Waals surface area (Å²) in [6.07, 6.45) is 1.76. The first-order chi connectivity index (χ1) is 9.51. The van der Waals surface area contributed by atoms with Crippen LogP contribution in [0.1, 0.15) is 33.6 Å². The second-order valence-corrected chi connectivity index (χ2v) is 4.73. The highest BCUT2D eigenvalue weighted by molar-refractivity contribution is 5.60. The number of ether oxygens (including phenoxy) is 1. The van der Waals surface area contributed by atoms with E-state index in [2.05, 4.69) is 10.3 Å². The van der Waals surface area contributed by atoms with Crippen LogP contribution in [0.15, 0.2) is 9.59 Å². The van der Waals surface area contributed by atoms with Gasteiger partial charge < -0.3 is 15.8 Å². The van der Waals surface area contributed by atoms with Gasteiger partial charge in [-0.3, -0.25) is 14.3 Å². The Kier molecular flexibility index (Phi) is 6.30. The molecule has 114 valence electrons. The first-order valence-electron chi connectivity index (χ1n) is 6.98. The van der Waals surface area contributed by atoms with Gasteiger partial charge in [-0.25, -0.2) is 4.79 Å². The quantitative estimate of drug-likeness (QED) is 0.654. The fourth-order valence-corrected chi connectivity index (χ4v) is 1.85. The number of hydrogen-bond acceptors (Lipinski definition) is 5. The minimum absolute atomic E-state index is 0.0736. The zero-order chi connectivity index (χ0) is 15.1. The van der Waals surface area contributed by atoms with E-state index in [0.717, 1.165) is 12.8 Å². The smallest absolute Gasteiger partial charge is 0.330 e. The summed E-state index contributed by atoms with van der Waals surface area (Å²) in [4.78, 5) is 25.9. The molecule has 0 radical (unpaired) electrons. The Balaban J connectivity index is 3.01. The van der Waals surface area contributed by atoms with Gasteiger partial charge >= 0.3 is 5.69 Å². The fourth-order valence-electron chi connectivity index (χ4n) is 1.85. The van der Waals surface area contributed by atoms with Gasteiger partial charge in [0, 0.05) is 19.2 Å². The molecule has 20 heavy (non-hydrogen) atoms. The number of aromatic amines is 1. The Labute approximate surface area is 118 Å². The molecule has 0 spiro atoms. The highest BCUT2D eigenvalue weighted by Gasteiger charge is 2.14. The van der Waals surface area contributed by atoms with E-state index in [1.807, 2.05) is 20.8 Å². The van der Waals surface area contributed by atoms with Crippen molar-refractivity contribution in [2.45, 2.75) is 46.2 Å². The lowest BCUT2D eigenvalue weighted by Gasteiger charge is -2.18. The SMILES string of the molecule is CCCCn1c(N)c(NC(C)COCC)c(=O)[nH]c1=O. The van der Waals surface area contributed by atoms with Crippen LogP contribution in [-0.4, -0.2) is 28.8 Å². The largest absolute Gasteiger partial charge is 0.383 e. The van der Waals surface area contributed by atoms with Crippen molar-refractivity contribution in [3.05, 3.63) is 20.8 Å². The lowest BCUT2D eigenvalue weighted by Crippen LogP contribution is -2.36. The van der Waals surface area contributed by atoms with E-state index in [1.165, 1.54) is 4.57 Å². The van der Waals surface area contributed by atoms with Crippen molar-refractivity contribution in [3.8, 4) is 0 Å². The summed E-state index contributed by atoms with van der Waals surface area (Å²) in [5.74, 6) is 0.176. The molecule has 7 nitrogen and oxygen atoms in total. The van der Waals surface area contributed by atoms with Gasteiger partial charge in [0.2, 0.25) is 0 Å². The second-order valence-electron chi connectivity index (χ2n) is 4.73. The van der Waals surface area contributed by atoms with Gasteiger partial charge in [0.05, 0.1) is 6.61 Å². The van der Waals surface area contributed by atoms with Crippen molar-refractivity contribution >= 4 is 11.5 Å². The van der Waals surface area contributed by atoms with E-state index in [-0.39, 0.29) is 17.5 Å². The Bertz CT molecular complexity index is 535. The number of nitrogens with two attached hydrogens (primary N) is 1. The molecule has 1 heterocycles. The number of H-pyrrole nitrogens is 1. The number of aromatic nitrogens is 2. The third-order valence-corrected chi connectivity index (χ3v) is 2.94. The highest BCUT2D eigenvalue weighted by Crippen LogP contribution is 2.12. The molecular weight excluding hydrogens is 260 g/mol. The van der Waals surface area contributed by atoms with Crippen molar-refractivity contribution in [1.29, 1.82) is 0 Å². The predicted octanol–water partition coefficient (Wildman–Crippen LogP) is 0.756. The molecule has 0 aliphatic heterocycles. The van der Waals surface area contributed by atoms with Gasteiger partial charge in [0.1, 0.15) is 11.5 Å². The van der Waals surface area contributed by atoms with Crippen LogP contribution in [0, 0.1) is 0 Å². The minimum atomic E-state index is -0.497. The maximum Gasteiger partial charge on any atom is 0.330 e. The third kappa shape index (κ3) is 4.12. The van der Waals surface area contributed by atoms with Crippen molar-refractivity contribution in [1.82, 2.24) is 9.55 Å². The Hall–Kier alpha value is -1.76. The maximum absolute atomic E-state index is 11.8. The van der Waals surface area contributed by atoms with Crippen LogP contribution in [0.2, 0.25) is 0 Å². The summed E-state index contributed by atoms with van der Waals surface area (Å²) in [6, 6.07) is -0.0736. The molecule has 0 aliphatic carbocycles. The summed E-state index contributed by atoms with van der Waals surface area (Å²) in [5.41, 5.74) is 5.21. The number of nitrogens with one attached hydrogen (secondary N) is 2. The van der Waals surface area contributed by atoms with Gasteiger partial charge in [0.15, 0.2) is 0 Å². The molecule has 0 aliphatic rings. The van der Waals surface area contributed by atoms with Crippen LogP contribution < -0.4 is 22.3 Å². The van der Waals surface area contributed by atoms with Crippen molar-refractivity contribution in [2.75, 3.05) is 24.3 Å². The molecule has 1 rings (SSSR count). The minimum Gasteiger partial charge on any atom is -0.383 e. The summed E-state index contributed by atoms with van der Waals surface area (Å²) in [5, 5.41) is 3.00.